The van der Waals surface area contributed by atoms with Crippen molar-refractivity contribution in [2.24, 2.45) is 11.8 Å². The van der Waals surface area contributed by atoms with Crippen molar-refractivity contribution in [2.45, 2.75) is 110 Å². The Kier molecular flexibility index (Phi) is 11.7. The molecule has 6 rings (SSSR count). The molecule has 0 unspecified atom stereocenters. The van der Waals surface area contributed by atoms with Crippen LogP contribution in [-0.4, -0.2) is 102 Å². The smallest absolute Gasteiger partial charge is 0.335 e. The summed E-state index contributed by atoms with van der Waals surface area (Å²) in [5.74, 6) is -44.0. The zero-order valence-electron chi connectivity index (χ0n) is 28.1. The van der Waals surface area contributed by atoms with Crippen molar-refractivity contribution in [1.29, 1.82) is 0 Å². The predicted octanol–water partition coefficient (Wildman–Crippen LogP) is 10.8. The van der Waals surface area contributed by atoms with Crippen molar-refractivity contribution >= 4 is 58.3 Å². The molecule has 328 valence electrons. The topological polar surface area (TPSA) is 83.8 Å². The van der Waals surface area contributed by atoms with E-state index in [9.17, 15) is 61.5 Å². The van der Waals surface area contributed by atoms with Gasteiger partial charge in [-0.3, -0.25) is 0 Å². The van der Waals surface area contributed by atoms with Crippen LogP contribution in [0.4, 0.5) is 90.9 Å². The Bertz CT molecular complexity index is 1680. The molecule has 0 radical (unpaired) electrons. The first-order valence-corrected chi connectivity index (χ1v) is 17.7. The summed E-state index contributed by atoms with van der Waals surface area (Å²) >= 11 is 23.5. The SMILES string of the molecule is FC(F)(F)C(F)(F)C(F)(F)C(F)(F)CCN(c1nc(Cl)nc(Cl)n1)C12CC3CC(C1)CC(N(CCC(F)(F)C(F)(F)C(F)(F)C(F)(F)F)c1nc(Cl)nc(Cl)n1)(C3)C2. The fraction of sp³-hybridized carbons (Fsp3) is 0.786. The summed E-state index contributed by atoms with van der Waals surface area (Å²) in [4.78, 5) is 23.1. The Morgan fingerprint density at radius 2 is 0.724 bits per heavy atom. The molecule has 4 aliphatic rings. The van der Waals surface area contributed by atoms with Crippen LogP contribution in [-0.2, 0) is 0 Å². The fourth-order valence-electron chi connectivity index (χ4n) is 8.40. The Morgan fingerprint density at radius 3 is 0.983 bits per heavy atom. The normalized spacial score (nSPS) is 24.7. The van der Waals surface area contributed by atoms with Gasteiger partial charge in [-0.2, -0.15) is 109 Å². The number of hydrogen-bond donors (Lipinski definition) is 0. The molecule has 0 aromatic carbocycles. The molecule has 0 aliphatic heterocycles. The van der Waals surface area contributed by atoms with Gasteiger partial charge >= 0.3 is 47.9 Å². The third kappa shape index (κ3) is 7.81. The lowest BCUT2D eigenvalue weighted by Crippen LogP contribution is -2.71. The number of rotatable bonds is 14. The third-order valence-electron chi connectivity index (χ3n) is 10.5. The van der Waals surface area contributed by atoms with Crippen molar-refractivity contribution in [3.05, 3.63) is 21.1 Å². The van der Waals surface area contributed by atoms with E-state index in [2.05, 4.69) is 29.9 Å². The molecule has 2 aromatic heterocycles. The van der Waals surface area contributed by atoms with Gasteiger partial charge in [0.1, 0.15) is 0 Å². The summed E-state index contributed by atoms with van der Waals surface area (Å²) < 4.78 is 251. The number of alkyl halides is 18. The molecule has 2 heterocycles. The van der Waals surface area contributed by atoms with Crippen LogP contribution in [0, 0.1) is 11.8 Å². The molecule has 0 spiro atoms. The summed E-state index contributed by atoms with van der Waals surface area (Å²) in [6.45, 7) is -3.16. The lowest BCUT2D eigenvalue weighted by molar-refractivity contribution is -0.396. The Hall–Kier alpha value is -2.48. The summed E-state index contributed by atoms with van der Waals surface area (Å²) in [6, 6.07) is 0. The number of halogens is 22. The first kappa shape index (κ1) is 46.6. The van der Waals surface area contributed by atoms with E-state index in [1.165, 1.54) is 0 Å². The van der Waals surface area contributed by atoms with Gasteiger partial charge in [-0.1, -0.05) is 0 Å². The zero-order chi connectivity index (χ0) is 44.1. The van der Waals surface area contributed by atoms with Gasteiger partial charge in [0, 0.05) is 37.0 Å². The number of aromatic nitrogens is 6. The fourth-order valence-corrected chi connectivity index (χ4v) is 9.11. The molecule has 58 heavy (non-hydrogen) atoms. The Labute approximate surface area is 333 Å². The van der Waals surface area contributed by atoms with Crippen molar-refractivity contribution in [3.63, 3.8) is 0 Å². The van der Waals surface area contributed by atoms with Gasteiger partial charge in [0.2, 0.25) is 33.0 Å². The molecular formula is C28H22Cl4F18N8. The molecule has 4 aliphatic carbocycles. The van der Waals surface area contributed by atoms with Crippen LogP contribution in [0.5, 0.6) is 0 Å². The van der Waals surface area contributed by atoms with Crippen LogP contribution in [0.2, 0.25) is 21.1 Å². The highest BCUT2D eigenvalue weighted by Gasteiger charge is 2.82. The Morgan fingerprint density at radius 1 is 0.448 bits per heavy atom. The van der Waals surface area contributed by atoms with Gasteiger partial charge in [0.15, 0.2) is 0 Å². The van der Waals surface area contributed by atoms with Gasteiger partial charge in [-0.25, -0.2) is 0 Å². The molecule has 0 saturated heterocycles. The molecule has 0 amide bonds. The maximum absolute atomic E-state index is 15.0. The molecule has 4 bridgehead atoms. The summed E-state index contributed by atoms with van der Waals surface area (Å²) in [5.41, 5.74) is -3.69. The van der Waals surface area contributed by atoms with E-state index in [4.69, 9.17) is 46.4 Å². The van der Waals surface area contributed by atoms with Gasteiger partial charge in [0.05, 0.1) is 0 Å². The summed E-state index contributed by atoms with van der Waals surface area (Å²) in [7, 11) is 0. The van der Waals surface area contributed by atoms with Crippen molar-refractivity contribution in [2.75, 3.05) is 22.9 Å². The van der Waals surface area contributed by atoms with Crippen molar-refractivity contribution in [3.8, 4) is 0 Å². The van der Waals surface area contributed by atoms with Crippen LogP contribution < -0.4 is 9.80 Å². The average Bonchev–Trinajstić information content (AvgIpc) is 3.01. The molecule has 0 atom stereocenters. The first-order chi connectivity index (χ1) is 26.0. The molecule has 8 nitrogen and oxygen atoms in total. The highest BCUT2D eigenvalue weighted by atomic mass is 35.5. The molecule has 2 aromatic rings. The van der Waals surface area contributed by atoms with E-state index >= 15 is 17.6 Å². The van der Waals surface area contributed by atoms with Gasteiger partial charge in [-0.05, 0) is 96.8 Å². The van der Waals surface area contributed by atoms with Crippen molar-refractivity contribution in [1.82, 2.24) is 29.9 Å². The lowest BCUT2D eigenvalue weighted by Gasteiger charge is -2.67. The van der Waals surface area contributed by atoms with Crippen LogP contribution in [0.15, 0.2) is 0 Å². The van der Waals surface area contributed by atoms with E-state index < -0.39 is 136 Å². The zero-order valence-corrected chi connectivity index (χ0v) is 31.1. The minimum absolute atomic E-state index is 0.203. The van der Waals surface area contributed by atoms with Crippen molar-refractivity contribution < 1.29 is 79.0 Å². The Balaban J connectivity index is 1.61. The first-order valence-electron chi connectivity index (χ1n) is 16.1. The molecular weight excluding hydrogens is 932 g/mol. The summed E-state index contributed by atoms with van der Waals surface area (Å²) in [5, 5.41) is -3.13. The number of nitrogens with zero attached hydrogens (tertiary/aromatic N) is 8. The highest BCUT2D eigenvalue weighted by Crippen LogP contribution is 2.63. The standard InChI is InChI=1S/C28H22Cl4F18N8/c29-13-51-14(30)54-17(53-13)57(3-1-21(33,34)23(37,38)25(41,42)27(45,46)47)19-6-11-5-12(7-19)9-20(8-11,10-19)58(18-55-15(31)52-16(32)56-18)4-2-22(35,36)24(39,40)26(43,44)28(48,49)50/h11-12H,1-10H2. The molecule has 4 saturated carbocycles. The van der Waals surface area contributed by atoms with Gasteiger partial charge < -0.3 is 9.80 Å². The van der Waals surface area contributed by atoms with E-state index in [-0.39, 0.29) is 32.1 Å². The van der Waals surface area contributed by atoms with Crippen LogP contribution >= 0.6 is 46.4 Å². The quantitative estimate of drug-likeness (QED) is 0.173. The van der Waals surface area contributed by atoms with E-state index in [0.717, 1.165) is 0 Å². The van der Waals surface area contributed by atoms with Crippen LogP contribution in [0.25, 0.3) is 0 Å². The second kappa shape index (κ2) is 14.6. The van der Waals surface area contributed by atoms with Crippen LogP contribution in [0.3, 0.4) is 0 Å². The van der Waals surface area contributed by atoms with Gasteiger partial charge in [-0.15, -0.1) is 0 Å². The third-order valence-corrected chi connectivity index (χ3v) is 11.2. The van der Waals surface area contributed by atoms with E-state index in [1.54, 1.807) is 0 Å². The van der Waals surface area contributed by atoms with E-state index in [1.807, 2.05) is 0 Å². The summed E-state index contributed by atoms with van der Waals surface area (Å²) in [6.07, 6.45) is -20.5. The number of hydrogen-bond acceptors (Lipinski definition) is 8. The maximum atomic E-state index is 15.0. The van der Waals surface area contributed by atoms with E-state index in [0.29, 0.717) is 9.80 Å². The average molecular weight is 954 g/mol. The lowest BCUT2D eigenvalue weighted by atomic mass is 9.49. The minimum atomic E-state index is -7.27. The predicted molar refractivity (Wildman–Crippen MR) is 166 cm³/mol. The van der Waals surface area contributed by atoms with Crippen LogP contribution in [0.1, 0.15) is 51.4 Å². The number of anilines is 2. The molecule has 4 fully saturated rings. The molecule has 30 heteroatoms. The van der Waals surface area contributed by atoms with Gasteiger partial charge in [0.25, 0.3) is 0 Å². The molecule has 0 N–H and O–H groups in total. The monoisotopic (exact) mass is 952 g/mol. The second-order valence-electron chi connectivity index (χ2n) is 14.3. The minimum Gasteiger partial charge on any atom is -0.335 e. The maximum Gasteiger partial charge on any atom is 0.460 e. The highest BCUT2D eigenvalue weighted by molar-refractivity contribution is 6.31. The largest absolute Gasteiger partial charge is 0.460 e. The second-order valence-corrected chi connectivity index (χ2v) is 15.6.